The lowest BCUT2D eigenvalue weighted by Gasteiger charge is -2.18. The highest BCUT2D eigenvalue weighted by atomic mass is 32.2. The number of amides is 1. The van der Waals surface area contributed by atoms with Crippen molar-refractivity contribution in [1.29, 1.82) is 0 Å². The highest BCUT2D eigenvalue weighted by molar-refractivity contribution is 7.89. The molecule has 8 heteroatoms. The molecule has 0 bridgehead atoms. The summed E-state index contributed by atoms with van der Waals surface area (Å²) in [5.74, 6) is -0.252. The molecule has 7 nitrogen and oxygen atoms in total. The molecule has 0 aliphatic carbocycles. The van der Waals surface area contributed by atoms with Crippen molar-refractivity contribution in [2.45, 2.75) is 30.3 Å². The summed E-state index contributed by atoms with van der Waals surface area (Å²) in [6.07, 6.45) is 1.83. The van der Waals surface area contributed by atoms with Crippen molar-refractivity contribution >= 4 is 15.9 Å². The van der Waals surface area contributed by atoms with E-state index in [4.69, 9.17) is 0 Å². The molecule has 29 heavy (non-hydrogen) atoms. The van der Waals surface area contributed by atoms with Crippen LogP contribution in [-0.2, 0) is 21.4 Å². The second-order valence-corrected chi connectivity index (χ2v) is 9.43. The van der Waals surface area contributed by atoms with E-state index in [0.29, 0.717) is 31.1 Å². The van der Waals surface area contributed by atoms with E-state index < -0.39 is 10.0 Å². The molecule has 2 aromatic carbocycles. The van der Waals surface area contributed by atoms with Gasteiger partial charge in [0.1, 0.15) is 0 Å². The Hall–Kier alpha value is -2.26. The van der Waals surface area contributed by atoms with E-state index in [1.54, 1.807) is 24.3 Å². The summed E-state index contributed by atoms with van der Waals surface area (Å²) in [6, 6.07) is 16.6. The van der Waals surface area contributed by atoms with Gasteiger partial charge in [-0.3, -0.25) is 10.2 Å². The first-order valence-electron chi connectivity index (χ1n) is 9.96. The first-order valence-corrected chi connectivity index (χ1v) is 11.4. The SMILES string of the molecule is O=C(NCc1ccc(S(=O)(=O)N2CCCC2)cc1)C1CNNC1c1ccccc1. The van der Waals surface area contributed by atoms with E-state index in [-0.39, 0.29) is 17.9 Å². The normalized spacial score (nSPS) is 22.6. The molecule has 0 saturated carbocycles. The monoisotopic (exact) mass is 414 g/mol. The first-order chi connectivity index (χ1) is 14.1. The Morgan fingerprint density at radius 2 is 1.72 bits per heavy atom. The molecule has 2 aromatic rings. The lowest BCUT2D eigenvalue weighted by Crippen LogP contribution is -2.34. The molecule has 2 aliphatic rings. The van der Waals surface area contributed by atoms with Gasteiger partial charge in [0.2, 0.25) is 15.9 Å². The van der Waals surface area contributed by atoms with Gasteiger partial charge in [-0.1, -0.05) is 42.5 Å². The van der Waals surface area contributed by atoms with Gasteiger partial charge < -0.3 is 5.32 Å². The maximum absolute atomic E-state index is 12.7. The summed E-state index contributed by atoms with van der Waals surface area (Å²) < 4.78 is 26.7. The zero-order chi connectivity index (χ0) is 20.3. The van der Waals surface area contributed by atoms with Crippen molar-refractivity contribution in [3.8, 4) is 0 Å². The van der Waals surface area contributed by atoms with Crippen LogP contribution in [0.1, 0.15) is 30.0 Å². The van der Waals surface area contributed by atoms with Crippen LogP contribution in [0.2, 0.25) is 0 Å². The summed E-state index contributed by atoms with van der Waals surface area (Å²) >= 11 is 0. The van der Waals surface area contributed by atoms with E-state index in [2.05, 4.69) is 16.2 Å². The average Bonchev–Trinajstić information content (AvgIpc) is 3.45. The van der Waals surface area contributed by atoms with Crippen molar-refractivity contribution in [3.63, 3.8) is 0 Å². The molecule has 4 rings (SSSR count). The minimum Gasteiger partial charge on any atom is -0.352 e. The number of sulfonamides is 1. The molecule has 2 saturated heterocycles. The molecule has 0 aromatic heterocycles. The van der Waals surface area contributed by atoms with Crippen molar-refractivity contribution in [3.05, 3.63) is 65.7 Å². The molecule has 0 radical (unpaired) electrons. The minimum absolute atomic E-state index is 0.0369. The van der Waals surface area contributed by atoms with Gasteiger partial charge in [0.25, 0.3) is 0 Å². The van der Waals surface area contributed by atoms with E-state index in [0.717, 1.165) is 24.0 Å². The quantitative estimate of drug-likeness (QED) is 0.667. The lowest BCUT2D eigenvalue weighted by atomic mass is 9.94. The Bertz CT molecular complexity index is 942. The van der Waals surface area contributed by atoms with Crippen molar-refractivity contribution in [1.82, 2.24) is 20.5 Å². The Morgan fingerprint density at radius 1 is 1.03 bits per heavy atom. The van der Waals surface area contributed by atoms with Crippen LogP contribution in [-0.4, -0.2) is 38.3 Å². The molecular weight excluding hydrogens is 388 g/mol. The number of carbonyl (C=O) groups excluding carboxylic acids is 1. The molecule has 2 heterocycles. The van der Waals surface area contributed by atoms with E-state index in [1.807, 2.05) is 30.3 Å². The number of benzene rings is 2. The third kappa shape index (κ3) is 4.35. The van der Waals surface area contributed by atoms with Gasteiger partial charge in [0, 0.05) is 26.2 Å². The third-order valence-electron chi connectivity index (χ3n) is 5.57. The lowest BCUT2D eigenvalue weighted by molar-refractivity contribution is -0.125. The van der Waals surface area contributed by atoms with Crippen LogP contribution in [0.3, 0.4) is 0 Å². The number of nitrogens with zero attached hydrogens (tertiary/aromatic N) is 1. The number of hydrazine groups is 1. The Kier molecular flexibility index (Phi) is 5.96. The second kappa shape index (κ2) is 8.62. The van der Waals surface area contributed by atoms with Crippen LogP contribution < -0.4 is 16.2 Å². The van der Waals surface area contributed by atoms with Crippen molar-refractivity contribution in [2.24, 2.45) is 5.92 Å². The van der Waals surface area contributed by atoms with Crippen LogP contribution in [0.15, 0.2) is 59.5 Å². The summed E-state index contributed by atoms with van der Waals surface area (Å²) in [4.78, 5) is 13.0. The first kappa shape index (κ1) is 20.0. The average molecular weight is 415 g/mol. The summed E-state index contributed by atoms with van der Waals surface area (Å²) in [6.45, 7) is 2.09. The molecule has 2 atom stereocenters. The zero-order valence-corrected chi connectivity index (χ0v) is 17.0. The van der Waals surface area contributed by atoms with E-state index >= 15 is 0 Å². The van der Waals surface area contributed by atoms with Crippen LogP contribution in [0.5, 0.6) is 0 Å². The topological polar surface area (TPSA) is 90.5 Å². The highest BCUT2D eigenvalue weighted by Gasteiger charge is 2.33. The standard InChI is InChI=1S/C21H26N4O3S/c26-21(19-15-23-24-20(19)17-6-2-1-3-7-17)22-14-16-8-10-18(11-9-16)29(27,28)25-12-4-5-13-25/h1-3,6-11,19-20,23-24H,4-5,12-15H2,(H,22,26). The fraction of sp³-hybridized carbons (Fsp3) is 0.381. The molecule has 3 N–H and O–H groups in total. The number of hydrogen-bond donors (Lipinski definition) is 3. The summed E-state index contributed by atoms with van der Waals surface area (Å²) in [5, 5.41) is 2.98. The van der Waals surface area contributed by atoms with Crippen LogP contribution in [0.4, 0.5) is 0 Å². The predicted molar refractivity (Wildman–Crippen MR) is 110 cm³/mol. The third-order valence-corrected chi connectivity index (χ3v) is 7.48. The Labute approximate surface area is 171 Å². The molecule has 0 spiro atoms. The van der Waals surface area contributed by atoms with E-state index in [1.165, 1.54) is 4.31 Å². The number of rotatable bonds is 6. The Morgan fingerprint density at radius 3 is 2.41 bits per heavy atom. The molecule has 2 aliphatic heterocycles. The minimum atomic E-state index is -3.41. The fourth-order valence-corrected chi connectivity index (χ4v) is 5.41. The number of carbonyl (C=O) groups is 1. The van der Waals surface area contributed by atoms with Crippen LogP contribution in [0.25, 0.3) is 0 Å². The highest BCUT2D eigenvalue weighted by Crippen LogP contribution is 2.25. The van der Waals surface area contributed by atoms with Gasteiger partial charge >= 0.3 is 0 Å². The van der Waals surface area contributed by atoms with Crippen LogP contribution in [0, 0.1) is 5.92 Å². The zero-order valence-electron chi connectivity index (χ0n) is 16.2. The molecule has 154 valence electrons. The molecule has 2 fully saturated rings. The fourth-order valence-electron chi connectivity index (χ4n) is 3.89. The molecule has 1 amide bonds. The van der Waals surface area contributed by atoms with Crippen molar-refractivity contribution < 1.29 is 13.2 Å². The van der Waals surface area contributed by atoms with Gasteiger partial charge in [-0.05, 0) is 36.1 Å². The number of nitrogens with one attached hydrogen (secondary N) is 3. The maximum Gasteiger partial charge on any atom is 0.243 e. The van der Waals surface area contributed by atoms with E-state index in [9.17, 15) is 13.2 Å². The van der Waals surface area contributed by atoms with Crippen LogP contribution >= 0.6 is 0 Å². The van der Waals surface area contributed by atoms with Gasteiger partial charge in [0.15, 0.2) is 0 Å². The Balaban J connectivity index is 1.37. The summed E-state index contributed by atoms with van der Waals surface area (Å²) in [5.41, 5.74) is 8.17. The van der Waals surface area contributed by atoms with Gasteiger partial charge in [-0.2, -0.15) is 4.31 Å². The summed E-state index contributed by atoms with van der Waals surface area (Å²) in [7, 11) is -3.41. The maximum atomic E-state index is 12.7. The number of hydrogen-bond acceptors (Lipinski definition) is 5. The molecule has 2 unspecified atom stereocenters. The van der Waals surface area contributed by atoms with Gasteiger partial charge in [-0.25, -0.2) is 13.8 Å². The van der Waals surface area contributed by atoms with Gasteiger partial charge in [0.05, 0.1) is 16.9 Å². The van der Waals surface area contributed by atoms with Gasteiger partial charge in [-0.15, -0.1) is 0 Å². The largest absolute Gasteiger partial charge is 0.352 e. The second-order valence-electron chi connectivity index (χ2n) is 7.49. The van der Waals surface area contributed by atoms with Crippen molar-refractivity contribution in [2.75, 3.05) is 19.6 Å². The smallest absolute Gasteiger partial charge is 0.243 e. The molecular formula is C21H26N4O3S. The predicted octanol–water partition coefficient (Wildman–Crippen LogP) is 1.55.